The van der Waals surface area contributed by atoms with Gasteiger partial charge in [-0.3, -0.25) is 4.79 Å². The molecule has 1 saturated heterocycles. The van der Waals surface area contributed by atoms with Crippen LogP contribution in [0.2, 0.25) is 0 Å². The Labute approximate surface area is 178 Å². The van der Waals surface area contributed by atoms with Crippen molar-refractivity contribution in [2.24, 2.45) is 17.8 Å². The van der Waals surface area contributed by atoms with Crippen molar-refractivity contribution in [1.82, 2.24) is 10.2 Å². The van der Waals surface area contributed by atoms with Gasteiger partial charge in [-0.2, -0.15) is 13.2 Å². The maximum atomic E-state index is 12.7. The van der Waals surface area contributed by atoms with Gasteiger partial charge < -0.3 is 25.0 Å². The Kier molecular flexibility index (Phi) is 6.66. The molecule has 0 radical (unpaired) electrons. The van der Waals surface area contributed by atoms with Gasteiger partial charge in [-0.1, -0.05) is 25.6 Å². The molecule has 11 heteroatoms. The first-order valence-corrected chi connectivity index (χ1v) is 9.91. The number of rotatable bonds is 7. The Balaban J connectivity index is 1.56. The van der Waals surface area contributed by atoms with Crippen LogP contribution in [0.1, 0.15) is 18.1 Å². The topological polar surface area (TPSA) is 99.1 Å². The van der Waals surface area contributed by atoms with Crippen LogP contribution in [0.5, 0.6) is 0 Å². The normalized spacial score (nSPS) is 25.4. The number of likely N-dealkylation sites (tertiary alicyclic amines) is 1. The van der Waals surface area contributed by atoms with Gasteiger partial charge in [0.25, 0.3) is 0 Å². The van der Waals surface area contributed by atoms with E-state index in [2.05, 4.69) is 18.8 Å². The number of ether oxygens (including phenoxy) is 1. The SMILES string of the molecule is C=CC(=O)N1CC2C(C)C2[C@@H]1COC(=O)N[C@@H](Cc1ccc(C(F)(F)F)cc1)B(O)O. The van der Waals surface area contributed by atoms with Crippen LogP contribution in [0.3, 0.4) is 0 Å². The summed E-state index contributed by atoms with van der Waals surface area (Å²) in [6, 6.07) is 3.90. The molecule has 1 saturated carbocycles. The standard InChI is InChI=1S/C20H24BF3N2O5/c1-3-17(27)26-9-14-11(2)18(14)15(26)10-31-19(28)25-16(21(29)30)8-12-4-6-13(7-5-12)20(22,23)24/h3-7,11,14-16,18,29-30H,1,8-10H2,2H3,(H,25,28)/t11?,14?,15-,16-,18?/m0/s1. The lowest BCUT2D eigenvalue weighted by Gasteiger charge is -2.27. The molecule has 0 aromatic heterocycles. The van der Waals surface area contributed by atoms with Gasteiger partial charge in [0.15, 0.2) is 0 Å². The Morgan fingerprint density at radius 2 is 2.00 bits per heavy atom. The van der Waals surface area contributed by atoms with E-state index in [1.54, 1.807) is 4.90 Å². The summed E-state index contributed by atoms with van der Waals surface area (Å²) in [7, 11) is -1.95. The Morgan fingerprint density at radius 3 is 2.55 bits per heavy atom. The lowest BCUT2D eigenvalue weighted by atomic mass is 9.76. The summed E-state index contributed by atoms with van der Waals surface area (Å²) in [5, 5.41) is 21.4. The molecule has 3 N–H and O–H groups in total. The number of amides is 2. The van der Waals surface area contributed by atoms with Gasteiger partial charge in [0, 0.05) is 6.54 Å². The fraction of sp³-hybridized carbons (Fsp3) is 0.500. The van der Waals surface area contributed by atoms with Crippen LogP contribution < -0.4 is 5.32 Å². The number of fused-ring (bicyclic) bond motifs is 1. The molecule has 1 aromatic carbocycles. The van der Waals surface area contributed by atoms with Crippen LogP contribution in [0.4, 0.5) is 18.0 Å². The predicted molar refractivity (Wildman–Crippen MR) is 105 cm³/mol. The van der Waals surface area contributed by atoms with Crippen molar-refractivity contribution in [3.8, 4) is 0 Å². The number of halogens is 3. The fourth-order valence-electron chi connectivity index (χ4n) is 4.31. The highest BCUT2D eigenvalue weighted by molar-refractivity contribution is 6.43. The van der Waals surface area contributed by atoms with Gasteiger partial charge in [0.1, 0.15) is 6.61 Å². The third-order valence-electron chi connectivity index (χ3n) is 6.13. The molecule has 1 heterocycles. The van der Waals surface area contributed by atoms with Gasteiger partial charge in [-0.05, 0) is 47.9 Å². The highest BCUT2D eigenvalue weighted by Crippen LogP contribution is 2.55. The third kappa shape index (κ3) is 5.21. The zero-order valence-electron chi connectivity index (χ0n) is 16.9. The second-order valence-electron chi connectivity index (χ2n) is 8.02. The molecule has 2 aliphatic rings. The van der Waals surface area contributed by atoms with Crippen molar-refractivity contribution in [3.05, 3.63) is 48.0 Å². The minimum Gasteiger partial charge on any atom is -0.447 e. The molecule has 1 aliphatic carbocycles. The lowest BCUT2D eigenvalue weighted by molar-refractivity contribution is -0.137. The first-order chi connectivity index (χ1) is 14.5. The molecule has 3 rings (SSSR count). The van der Waals surface area contributed by atoms with E-state index in [-0.39, 0.29) is 30.9 Å². The maximum Gasteiger partial charge on any atom is 0.475 e. The number of alkyl carbamates (subject to hydrolysis) is 1. The average molecular weight is 440 g/mol. The molecule has 2 fully saturated rings. The Hall–Kier alpha value is -2.53. The molecule has 1 aromatic rings. The van der Waals surface area contributed by atoms with Crippen molar-refractivity contribution < 1.29 is 37.5 Å². The summed E-state index contributed by atoms with van der Waals surface area (Å²) in [4.78, 5) is 25.8. The van der Waals surface area contributed by atoms with Crippen LogP contribution in [0.25, 0.3) is 0 Å². The van der Waals surface area contributed by atoms with Crippen molar-refractivity contribution in [2.75, 3.05) is 13.2 Å². The molecule has 0 spiro atoms. The highest BCUT2D eigenvalue weighted by Gasteiger charge is 2.59. The second-order valence-corrected chi connectivity index (χ2v) is 8.02. The molecule has 3 unspecified atom stereocenters. The summed E-state index contributed by atoms with van der Waals surface area (Å²) in [6.07, 6.45) is -4.29. The minimum absolute atomic E-state index is 0.0502. The van der Waals surface area contributed by atoms with Crippen molar-refractivity contribution >= 4 is 19.1 Å². The largest absolute Gasteiger partial charge is 0.475 e. The van der Waals surface area contributed by atoms with Gasteiger partial charge in [-0.15, -0.1) is 0 Å². The molecule has 31 heavy (non-hydrogen) atoms. The number of piperidine rings is 1. The minimum atomic E-state index is -4.48. The number of nitrogens with zero attached hydrogens (tertiary/aromatic N) is 1. The van der Waals surface area contributed by atoms with Crippen molar-refractivity contribution in [2.45, 2.75) is 31.5 Å². The Bertz CT molecular complexity index is 833. The van der Waals surface area contributed by atoms with Gasteiger partial charge in [0.2, 0.25) is 5.91 Å². The molecule has 168 valence electrons. The highest BCUT2D eigenvalue weighted by atomic mass is 19.4. The van der Waals surface area contributed by atoms with E-state index in [0.717, 1.165) is 12.1 Å². The number of carbonyl (C=O) groups is 2. The van der Waals surface area contributed by atoms with Gasteiger partial charge in [0.05, 0.1) is 17.5 Å². The first-order valence-electron chi connectivity index (χ1n) is 9.91. The lowest BCUT2D eigenvalue weighted by Crippen LogP contribution is -2.49. The van der Waals surface area contributed by atoms with Crippen molar-refractivity contribution in [1.29, 1.82) is 0 Å². The van der Waals surface area contributed by atoms with Crippen LogP contribution in [0.15, 0.2) is 36.9 Å². The van der Waals surface area contributed by atoms with E-state index in [0.29, 0.717) is 23.9 Å². The second kappa shape index (κ2) is 8.92. The zero-order chi connectivity index (χ0) is 22.9. The molecular weight excluding hydrogens is 416 g/mol. The predicted octanol–water partition coefficient (Wildman–Crippen LogP) is 1.63. The summed E-state index contributed by atoms with van der Waals surface area (Å²) in [5.41, 5.74) is -0.452. The smallest absolute Gasteiger partial charge is 0.447 e. The molecule has 5 atom stereocenters. The number of hydrogen-bond donors (Lipinski definition) is 3. The van der Waals surface area contributed by atoms with E-state index in [4.69, 9.17) is 4.74 Å². The zero-order valence-corrected chi connectivity index (χ0v) is 16.9. The van der Waals surface area contributed by atoms with Crippen LogP contribution in [-0.4, -0.2) is 59.2 Å². The monoisotopic (exact) mass is 440 g/mol. The first kappa shape index (κ1) is 23.1. The van der Waals surface area contributed by atoms with E-state index in [1.165, 1.54) is 18.2 Å². The van der Waals surface area contributed by atoms with Gasteiger partial charge >= 0.3 is 19.4 Å². The Morgan fingerprint density at radius 1 is 1.35 bits per heavy atom. The van der Waals surface area contributed by atoms with Crippen LogP contribution >= 0.6 is 0 Å². The number of hydrogen-bond acceptors (Lipinski definition) is 5. The molecular formula is C20H24BF3N2O5. The summed E-state index contributed by atoms with van der Waals surface area (Å²) in [5.74, 6) is -0.391. The summed E-state index contributed by atoms with van der Waals surface area (Å²) < 4.78 is 43.2. The average Bonchev–Trinajstić information content (AvgIpc) is 3.17. The van der Waals surface area contributed by atoms with Crippen molar-refractivity contribution in [3.63, 3.8) is 0 Å². The van der Waals surface area contributed by atoms with E-state index in [9.17, 15) is 32.8 Å². The number of alkyl halides is 3. The molecule has 7 nitrogen and oxygen atoms in total. The van der Waals surface area contributed by atoms with Gasteiger partial charge in [-0.25, -0.2) is 4.79 Å². The third-order valence-corrected chi connectivity index (χ3v) is 6.13. The van der Waals surface area contributed by atoms with E-state index in [1.807, 2.05) is 0 Å². The molecule has 0 bridgehead atoms. The van der Waals surface area contributed by atoms with E-state index >= 15 is 0 Å². The number of benzene rings is 1. The summed E-state index contributed by atoms with van der Waals surface area (Å²) >= 11 is 0. The number of nitrogens with one attached hydrogen (secondary N) is 1. The molecule has 1 aliphatic heterocycles. The molecule has 2 amide bonds. The van der Waals surface area contributed by atoms with Crippen LogP contribution in [-0.2, 0) is 22.1 Å². The fourth-order valence-corrected chi connectivity index (χ4v) is 4.31. The number of carbonyl (C=O) groups excluding carboxylic acids is 2. The maximum absolute atomic E-state index is 12.7. The van der Waals surface area contributed by atoms with E-state index < -0.39 is 30.9 Å². The van der Waals surface area contributed by atoms with Crippen LogP contribution in [0, 0.1) is 17.8 Å². The quantitative estimate of drug-likeness (QED) is 0.443. The summed E-state index contributed by atoms with van der Waals surface area (Å²) in [6.45, 7) is 6.08.